The van der Waals surface area contributed by atoms with Crippen LogP contribution in [0.4, 0.5) is 0 Å². The number of benzene rings is 1. The van der Waals surface area contributed by atoms with Crippen LogP contribution in [-0.4, -0.2) is 31.4 Å². The molecule has 1 aromatic carbocycles. The van der Waals surface area contributed by atoms with Gasteiger partial charge in [0.25, 0.3) is 0 Å². The number of hydrogen-bond acceptors (Lipinski definition) is 3. The van der Waals surface area contributed by atoms with E-state index < -0.39 is 0 Å². The number of ether oxygens (including phenoxy) is 2. The van der Waals surface area contributed by atoms with Crippen molar-refractivity contribution < 1.29 is 9.47 Å². The van der Waals surface area contributed by atoms with E-state index in [1.807, 2.05) is 0 Å². The van der Waals surface area contributed by atoms with Crippen LogP contribution in [0.2, 0.25) is 0 Å². The monoisotopic (exact) mass is 293 g/mol. The number of aryl methyl sites for hydroxylation is 1. The molecule has 3 nitrogen and oxygen atoms in total. The van der Waals surface area contributed by atoms with Crippen LogP contribution in [0.3, 0.4) is 0 Å². The van der Waals surface area contributed by atoms with E-state index in [1.165, 1.54) is 11.1 Å². The molecular weight excluding hydrogens is 262 g/mol. The Bertz CT molecular complexity index is 393. The molecule has 1 atom stereocenters. The molecule has 0 bridgehead atoms. The minimum absolute atomic E-state index is 0.0663. The van der Waals surface area contributed by atoms with Gasteiger partial charge in [-0.05, 0) is 33.3 Å². The van der Waals surface area contributed by atoms with Gasteiger partial charge < -0.3 is 14.8 Å². The molecule has 21 heavy (non-hydrogen) atoms. The van der Waals surface area contributed by atoms with Crippen LogP contribution in [-0.2, 0) is 9.47 Å². The molecule has 0 amide bonds. The SMILES string of the molecule is Cc1ccc(C(CNC(C)C)OCCOC(C)(C)C)cc1. The zero-order valence-corrected chi connectivity index (χ0v) is 14.4. The first kappa shape index (κ1) is 18.1. The van der Waals surface area contributed by atoms with Gasteiger partial charge in [-0.3, -0.25) is 0 Å². The third-order valence-corrected chi connectivity index (χ3v) is 3.10. The summed E-state index contributed by atoms with van der Waals surface area (Å²) in [5, 5.41) is 3.45. The Morgan fingerprint density at radius 3 is 2.19 bits per heavy atom. The lowest BCUT2D eigenvalue weighted by Gasteiger charge is -2.23. The highest BCUT2D eigenvalue weighted by Gasteiger charge is 2.14. The van der Waals surface area contributed by atoms with Gasteiger partial charge in [-0.15, -0.1) is 0 Å². The summed E-state index contributed by atoms with van der Waals surface area (Å²) in [6.45, 7) is 14.6. The first-order valence-corrected chi connectivity index (χ1v) is 7.83. The van der Waals surface area contributed by atoms with Crippen LogP contribution in [0.5, 0.6) is 0 Å². The Labute approximate surface area is 130 Å². The van der Waals surface area contributed by atoms with Crippen LogP contribution in [0.15, 0.2) is 24.3 Å². The molecule has 0 aromatic heterocycles. The second kappa shape index (κ2) is 8.52. The number of hydrogen-bond donors (Lipinski definition) is 1. The smallest absolute Gasteiger partial charge is 0.0950 e. The maximum Gasteiger partial charge on any atom is 0.0950 e. The first-order valence-electron chi connectivity index (χ1n) is 7.83. The van der Waals surface area contributed by atoms with E-state index in [-0.39, 0.29) is 11.7 Å². The fraction of sp³-hybridized carbons (Fsp3) is 0.667. The Kier molecular flexibility index (Phi) is 7.36. The van der Waals surface area contributed by atoms with Crippen molar-refractivity contribution in [3.8, 4) is 0 Å². The van der Waals surface area contributed by atoms with Gasteiger partial charge in [0.05, 0.1) is 24.9 Å². The maximum absolute atomic E-state index is 6.03. The van der Waals surface area contributed by atoms with Crippen molar-refractivity contribution in [1.29, 1.82) is 0 Å². The molecule has 1 aromatic rings. The average Bonchev–Trinajstić information content (AvgIpc) is 2.38. The zero-order chi connectivity index (χ0) is 15.9. The molecule has 1 N–H and O–H groups in total. The molecule has 0 aliphatic heterocycles. The number of nitrogens with one attached hydrogen (secondary N) is 1. The fourth-order valence-corrected chi connectivity index (χ4v) is 1.94. The second-order valence-corrected chi connectivity index (χ2v) is 6.79. The fourth-order valence-electron chi connectivity index (χ4n) is 1.94. The van der Waals surface area contributed by atoms with Crippen molar-refractivity contribution in [2.75, 3.05) is 19.8 Å². The van der Waals surface area contributed by atoms with Gasteiger partial charge in [-0.2, -0.15) is 0 Å². The standard InChI is InChI=1S/C18H31NO2/c1-14(2)19-13-17(16-9-7-15(3)8-10-16)20-11-12-21-18(4,5)6/h7-10,14,17,19H,11-13H2,1-6H3. The molecule has 1 unspecified atom stereocenters. The molecule has 0 radical (unpaired) electrons. The summed E-state index contributed by atoms with van der Waals surface area (Å²) in [6, 6.07) is 9.01. The van der Waals surface area contributed by atoms with Crippen molar-refractivity contribution in [3.05, 3.63) is 35.4 Å². The van der Waals surface area contributed by atoms with Gasteiger partial charge in [0, 0.05) is 12.6 Å². The van der Waals surface area contributed by atoms with Crippen LogP contribution in [0.1, 0.15) is 51.8 Å². The summed E-state index contributed by atoms with van der Waals surface area (Å²) >= 11 is 0. The maximum atomic E-state index is 6.03. The highest BCUT2D eigenvalue weighted by atomic mass is 16.5. The van der Waals surface area contributed by atoms with Gasteiger partial charge in [0.2, 0.25) is 0 Å². The van der Waals surface area contributed by atoms with Crippen LogP contribution < -0.4 is 5.32 Å². The largest absolute Gasteiger partial charge is 0.373 e. The van der Waals surface area contributed by atoms with Gasteiger partial charge in [-0.1, -0.05) is 43.7 Å². The van der Waals surface area contributed by atoms with Gasteiger partial charge in [-0.25, -0.2) is 0 Å². The second-order valence-electron chi connectivity index (χ2n) is 6.79. The van der Waals surface area contributed by atoms with Crippen LogP contribution in [0.25, 0.3) is 0 Å². The summed E-state index contributed by atoms with van der Waals surface area (Å²) in [7, 11) is 0. The van der Waals surface area contributed by atoms with E-state index in [0.717, 1.165) is 6.54 Å². The van der Waals surface area contributed by atoms with Crippen molar-refractivity contribution in [2.24, 2.45) is 0 Å². The Morgan fingerprint density at radius 2 is 1.67 bits per heavy atom. The minimum Gasteiger partial charge on any atom is -0.373 e. The molecule has 0 aliphatic rings. The van der Waals surface area contributed by atoms with E-state index in [2.05, 4.69) is 71.1 Å². The summed E-state index contributed by atoms with van der Waals surface area (Å²) in [5.41, 5.74) is 2.37. The minimum atomic E-state index is -0.112. The molecule has 120 valence electrons. The van der Waals surface area contributed by atoms with E-state index in [0.29, 0.717) is 19.3 Å². The van der Waals surface area contributed by atoms with Gasteiger partial charge in [0.15, 0.2) is 0 Å². The van der Waals surface area contributed by atoms with Crippen molar-refractivity contribution in [1.82, 2.24) is 5.32 Å². The van der Waals surface area contributed by atoms with Crippen molar-refractivity contribution in [3.63, 3.8) is 0 Å². The summed E-state index contributed by atoms with van der Waals surface area (Å²) < 4.78 is 11.7. The summed E-state index contributed by atoms with van der Waals surface area (Å²) in [6.07, 6.45) is 0.0663. The van der Waals surface area contributed by atoms with Gasteiger partial charge in [0.1, 0.15) is 0 Å². The highest BCUT2D eigenvalue weighted by Crippen LogP contribution is 2.18. The predicted octanol–water partition coefficient (Wildman–Crippen LogP) is 3.87. The van der Waals surface area contributed by atoms with Crippen LogP contribution >= 0.6 is 0 Å². The lowest BCUT2D eigenvalue weighted by Crippen LogP contribution is -2.30. The van der Waals surface area contributed by atoms with Crippen molar-refractivity contribution >= 4 is 0 Å². The molecule has 0 heterocycles. The van der Waals surface area contributed by atoms with E-state index in [9.17, 15) is 0 Å². The molecule has 0 aliphatic carbocycles. The van der Waals surface area contributed by atoms with Crippen LogP contribution in [0, 0.1) is 6.92 Å². The molecular formula is C18H31NO2. The average molecular weight is 293 g/mol. The zero-order valence-electron chi connectivity index (χ0n) is 14.4. The molecule has 3 heteroatoms. The molecule has 0 spiro atoms. The lowest BCUT2D eigenvalue weighted by atomic mass is 10.1. The topological polar surface area (TPSA) is 30.5 Å². The van der Waals surface area contributed by atoms with E-state index in [1.54, 1.807) is 0 Å². The summed E-state index contributed by atoms with van der Waals surface area (Å²) in [5.74, 6) is 0. The number of rotatable bonds is 8. The summed E-state index contributed by atoms with van der Waals surface area (Å²) in [4.78, 5) is 0. The normalized spacial score (nSPS) is 13.7. The van der Waals surface area contributed by atoms with Crippen molar-refractivity contribution in [2.45, 2.75) is 59.3 Å². The third-order valence-electron chi connectivity index (χ3n) is 3.10. The Balaban J connectivity index is 2.54. The lowest BCUT2D eigenvalue weighted by molar-refractivity contribution is -0.0521. The molecule has 1 rings (SSSR count). The molecule has 0 saturated carbocycles. The highest BCUT2D eigenvalue weighted by molar-refractivity contribution is 5.23. The van der Waals surface area contributed by atoms with E-state index in [4.69, 9.17) is 9.47 Å². The Morgan fingerprint density at radius 1 is 1.05 bits per heavy atom. The third kappa shape index (κ3) is 8.20. The molecule has 0 saturated heterocycles. The molecule has 0 fully saturated rings. The van der Waals surface area contributed by atoms with Gasteiger partial charge >= 0.3 is 0 Å². The quantitative estimate of drug-likeness (QED) is 0.738. The predicted molar refractivity (Wildman–Crippen MR) is 88.7 cm³/mol. The van der Waals surface area contributed by atoms with E-state index >= 15 is 0 Å². The first-order chi connectivity index (χ1) is 9.78. The Hall–Kier alpha value is -0.900.